The summed E-state index contributed by atoms with van der Waals surface area (Å²) >= 11 is 0. The van der Waals surface area contributed by atoms with E-state index in [2.05, 4.69) is 5.32 Å². The van der Waals surface area contributed by atoms with Crippen LogP contribution in [0.25, 0.3) is 0 Å². The highest BCUT2D eigenvalue weighted by atomic mass is 16.5. The molecule has 2 N–H and O–H groups in total. The Balaban J connectivity index is 1.81. The molecule has 0 unspecified atom stereocenters. The van der Waals surface area contributed by atoms with Crippen molar-refractivity contribution in [3.63, 3.8) is 0 Å². The second-order valence-electron chi connectivity index (χ2n) is 5.09. The van der Waals surface area contributed by atoms with Gasteiger partial charge in [0.2, 0.25) is 5.91 Å². The highest BCUT2D eigenvalue weighted by Crippen LogP contribution is 2.17. The summed E-state index contributed by atoms with van der Waals surface area (Å²) in [5.74, 6) is -0.315. The number of ether oxygens (including phenoxy) is 1. The first-order valence-electron chi connectivity index (χ1n) is 7.31. The third-order valence-corrected chi connectivity index (χ3v) is 3.48. The molecular weight excluding hydrogens is 294 g/mol. The van der Waals surface area contributed by atoms with Crippen molar-refractivity contribution in [2.24, 2.45) is 0 Å². The van der Waals surface area contributed by atoms with Gasteiger partial charge in [-0.05, 0) is 30.2 Å². The van der Waals surface area contributed by atoms with Crippen molar-refractivity contribution in [1.29, 1.82) is 0 Å². The number of amides is 1. The van der Waals surface area contributed by atoms with Gasteiger partial charge in [0.25, 0.3) is 0 Å². The molecule has 0 bridgehead atoms. The Hall–Kier alpha value is -2.82. The van der Waals surface area contributed by atoms with E-state index in [1.165, 1.54) is 0 Å². The van der Waals surface area contributed by atoms with Crippen molar-refractivity contribution < 1.29 is 19.4 Å². The molecule has 2 aromatic rings. The maximum atomic E-state index is 12.0. The van der Waals surface area contributed by atoms with Gasteiger partial charge >= 0.3 is 5.97 Å². The first kappa shape index (κ1) is 16.5. The van der Waals surface area contributed by atoms with Gasteiger partial charge in [0.1, 0.15) is 5.75 Å². The molecule has 0 aliphatic carbocycles. The zero-order valence-electron chi connectivity index (χ0n) is 12.9. The fraction of sp³-hybridized carbons (Fsp3) is 0.222. The maximum absolute atomic E-state index is 12.0. The smallest absolute Gasteiger partial charge is 0.335 e. The van der Waals surface area contributed by atoms with E-state index in [0.29, 0.717) is 18.7 Å². The largest absolute Gasteiger partial charge is 0.496 e. The topological polar surface area (TPSA) is 75.6 Å². The molecule has 2 aromatic carbocycles. The van der Waals surface area contributed by atoms with Crippen molar-refractivity contribution in [3.8, 4) is 5.75 Å². The number of para-hydroxylation sites is 1. The minimum atomic E-state index is -0.943. The molecule has 0 heterocycles. The number of carbonyl (C=O) groups is 2. The quantitative estimate of drug-likeness (QED) is 0.822. The lowest BCUT2D eigenvalue weighted by Gasteiger charge is -2.09. The Morgan fingerprint density at radius 1 is 1.09 bits per heavy atom. The highest BCUT2D eigenvalue weighted by molar-refractivity contribution is 5.87. The van der Waals surface area contributed by atoms with Crippen molar-refractivity contribution in [1.82, 2.24) is 5.32 Å². The predicted octanol–water partition coefficient (Wildman–Crippen LogP) is 2.29. The number of methoxy groups -OCH3 is 1. The fourth-order valence-corrected chi connectivity index (χ4v) is 2.24. The van der Waals surface area contributed by atoms with E-state index in [-0.39, 0.29) is 17.9 Å². The number of carboxylic acid groups (broad SMARTS) is 1. The zero-order chi connectivity index (χ0) is 16.7. The molecule has 0 aliphatic heterocycles. The van der Waals surface area contributed by atoms with Gasteiger partial charge in [0.05, 0.1) is 19.1 Å². The van der Waals surface area contributed by atoms with Gasteiger partial charge in [-0.2, -0.15) is 0 Å². The minimum absolute atomic E-state index is 0.0725. The number of benzene rings is 2. The number of hydrogen-bond acceptors (Lipinski definition) is 3. The SMILES string of the molecule is COc1ccccc1CC(=O)NCCc1ccc(C(=O)O)cc1. The molecule has 0 aliphatic rings. The van der Waals surface area contributed by atoms with Crippen LogP contribution in [0.15, 0.2) is 48.5 Å². The van der Waals surface area contributed by atoms with Crippen molar-refractivity contribution >= 4 is 11.9 Å². The van der Waals surface area contributed by atoms with Gasteiger partial charge < -0.3 is 15.2 Å². The molecule has 120 valence electrons. The van der Waals surface area contributed by atoms with E-state index >= 15 is 0 Å². The van der Waals surface area contributed by atoms with Crippen LogP contribution in [0.5, 0.6) is 5.75 Å². The van der Waals surface area contributed by atoms with Gasteiger partial charge in [-0.25, -0.2) is 4.79 Å². The Labute approximate surface area is 134 Å². The molecule has 2 rings (SSSR count). The molecular formula is C18H19NO4. The number of hydrogen-bond donors (Lipinski definition) is 2. The molecule has 0 spiro atoms. The van der Waals surface area contributed by atoms with E-state index < -0.39 is 5.97 Å². The molecule has 0 atom stereocenters. The van der Waals surface area contributed by atoms with Crippen LogP contribution in [-0.2, 0) is 17.6 Å². The maximum Gasteiger partial charge on any atom is 0.335 e. The van der Waals surface area contributed by atoms with Crippen LogP contribution in [0.4, 0.5) is 0 Å². The van der Waals surface area contributed by atoms with Crippen molar-refractivity contribution in [3.05, 3.63) is 65.2 Å². The van der Waals surface area contributed by atoms with E-state index in [1.807, 2.05) is 24.3 Å². The Morgan fingerprint density at radius 3 is 2.43 bits per heavy atom. The van der Waals surface area contributed by atoms with Crippen LogP contribution >= 0.6 is 0 Å². The second kappa shape index (κ2) is 7.98. The second-order valence-corrected chi connectivity index (χ2v) is 5.09. The van der Waals surface area contributed by atoms with Crippen molar-refractivity contribution in [2.45, 2.75) is 12.8 Å². The van der Waals surface area contributed by atoms with Gasteiger partial charge in [-0.1, -0.05) is 30.3 Å². The van der Waals surface area contributed by atoms with Gasteiger partial charge in [-0.15, -0.1) is 0 Å². The third kappa shape index (κ3) is 4.85. The summed E-state index contributed by atoms with van der Waals surface area (Å²) < 4.78 is 5.22. The van der Waals surface area contributed by atoms with E-state index in [1.54, 1.807) is 31.4 Å². The minimum Gasteiger partial charge on any atom is -0.496 e. The monoisotopic (exact) mass is 313 g/mol. The first-order chi connectivity index (χ1) is 11.1. The standard InChI is InChI=1S/C18H19NO4/c1-23-16-5-3-2-4-15(16)12-17(20)19-11-10-13-6-8-14(9-7-13)18(21)22/h2-9H,10-12H2,1H3,(H,19,20)(H,21,22). The van der Waals surface area contributed by atoms with Gasteiger partial charge in [-0.3, -0.25) is 4.79 Å². The Bertz CT molecular complexity index is 680. The fourth-order valence-electron chi connectivity index (χ4n) is 2.24. The summed E-state index contributed by atoms with van der Waals surface area (Å²) in [5.41, 5.74) is 2.08. The molecule has 0 fully saturated rings. The summed E-state index contributed by atoms with van der Waals surface area (Å²) in [4.78, 5) is 22.7. The summed E-state index contributed by atoms with van der Waals surface area (Å²) in [6.07, 6.45) is 0.916. The summed E-state index contributed by atoms with van der Waals surface area (Å²) in [6, 6.07) is 14.1. The Kier molecular flexibility index (Phi) is 5.74. The molecule has 0 radical (unpaired) electrons. The molecule has 0 saturated carbocycles. The first-order valence-corrected chi connectivity index (χ1v) is 7.31. The zero-order valence-corrected chi connectivity index (χ0v) is 12.9. The highest BCUT2D eigenvalue weighted by Gasteiger charge is 2.08. The van der Waals surface area contributed by atoms with Crippen LogP contribution in [0, 0.1) is 0 Å². The van der Waals surface area contributed by atoms with E-state index in [9.17, 15) is 9.59 Å². The van der Waals surface area contributed by atoms with Crippen LogP contribution in [-0.4, -0.2) is 30.6 Å². The number of rotatable bonds is 7. The van der Waals surface area contributed by atoms with Crippen LogP contribution < -0.4 is 10.1 Å². The molecule has 5 heteroatoms. The van der Waals surface area contributed by atoms with Crippen LogP contribution in [0.2, 0.25) is 0 Å². The predicted molar refractivity (Wildman–Crippen MR) is 86.8 cm³/mol. The Morgan fingerprint density at radius 2 is 1.78 bits per heavy atom. The average molecular weight is 313 g/mol. The van der Waals surface area contributed by atoms with Crippen LogP contribution in [0.3, 0.4) is 0 Å². The van der Waals surface area contributed by atoms with Crippen molar-refractivity contribution in [2.75, 3.05) is 13.7 Å². The van der Waals surface area contributed by atoms with E-state index in [0.717, 1.165) is 11.1 Å². The van der Waals surface area contributed by atoms with Gasteiger partial charge in [0, 0.05) is 12.1 Å². The van der Waals surface area contributed by atoms with E-state index in [4.69, 9.17) is 9.84 Å². The lowest BCUT2D eigenvalue weighted by molar-refractivity contribution is -0.120. The number of carbonyl (C=O) groups excluding carboxylic acids is 1. The van der Waals surface area contributed by atoms with Crippen LogP contribution in [0.1, 0.15) is 21.5 Å². The summed E-state index contributed by atoms with van der Waals surface area (Å²) in [7, 11) is 1.58. The average Bonchev–Trinajstić information content (AvgIpc) is 2.56. The lowest BCUT2D eigenvalue weighted by Crippen LogP contribution is -2.27. The number of carboxylic acids is 1. The molecule has 0 saturated heterocycles. The summed E-state index contributed by atoms with van der Waals surface area (Å²) in [6.45, 7) is 0.500. The lowest BCUT2D eigenvalue weighted by atomic mass is 10.1. The number of aromatic carboxylic acids is 1. The number of nitrogens with one attached hydrogen (secondary N) is 1. The molecule has 5 nitrogen and oxygen atoms in total. The molecule has 23 heavy (non-hydrogen) atoms. The normalized spacial score (nSPS) is 10.1. The molecule has 1 amide bonds. The van der Waals surface area contributed by atoms with Gasteiger partial charge in [0.15, 0.2) is 0 Å². The molecule has 0 aromatic heterocycles. The summed E-state index contributed by atoms with van der Waals surface area (Å²) in [5, 5.41) is 11.7. The third-order valence-electron chi connectivity index (χ3n) is 3.48.